The molecule has 3 N–H and O–H groups in total. The number of carbonyl (C=O) groups excluding carboxylic acids is 1. The number of nitrogen functional groups attached to an aromatic ring is 1. The summed E-state index contributed by atoms with van der Waals surface area (Å²) in [4.78, 5) is 24.3. The first-order chi connectivity index (χ1) is 15.1. The van der Waals surface area contributed by atoms with E-state index in [-0.39, 0.29) is 11.8 Å². The van der Waals surface area contributed by atoms with Crippen LogP contribution in [0, 0.1) is 0 Å². The molecule has 0 radical (unpaired) electrons. The molecule has 0 unspecified atom stereocenters. The SMILES string of the molecule is COC(=O)c1ccc(Nc2nccc(-c3ccc(OC4CCOCC4)c(N)c3)n2)cn1. The largest absolute Gasteiger partial charge is 0.488 e. The van der Waals surface area contributed by atoms with Crippen LogP contribution in [0.4, 0.5) is 17.3 Å². The van der Waals surface area contributed by atoms with Crippen LogP contribution in [0.5, 0.6) is 5.75 Å². The zero-order valence-electron chi connectivity index (χ0n) is 17.1. The normalized spacial score (nSPS) is 14.1. The van der Waals surface area contributed by atoms with E-state index in [2.05, 4.69) is 25.0 Å². The number of anilines is 3. The van der Waals surface area contributed by atoms with E-state index in [0.29, 0.717) is 42.0 Å². The second-order valence-electron chi connectivity index (χ2n) is 7.00. The molecule has 0 spiro atoms. The van der Waals surface area contributed by atoms with Crippen molar-refractivity contribution >= 4 is 23.3 Å². The van der Waals surface area contributed by atoms with Crippen molar-refractivity contribution in [3.8, 4) is 17.0 Å². The lowest BCUT2D eigenvalue weighted by molar-refractivity contribution is 0.0258. The maximum absolute atomic E-state index is 11.5. The van der Waals surface area contributed by atoms with Crippen molar-refractivity contribution in [2.75, 3.05) is 31.4 Å². The van der Waals surface area contributed by atoms with Gasteiger partial charge in [0.2, 0.25) is 5.95 Å². The van der Waals surface area contributed by atoms with Crippen LogP contribution in [0.2, 0.25) is 0 Å². The number of hydrogen-bond acceptors (Lipinski definition) is 9. The fourth-order valence-electron chi connectivity index (χ4n) is 3.19. The first-order valence-corrected chi connectivity index (χ1v) is 9.91. The molecule has 1 saturated heterocycles. The van der Waals surface area contributed by atoms with E-state index >= 15 is 0 Å². The fraction of sp³-hybridized carbons (Fsp3) is 0.273. The summed E-state index contributed by atoms with van der Waals surface area (Å²) in [6, 6.07) is 10.7. The van der Waals surface area contributed by atoms with Gasteiger partial charge in [0.15, 0.2) is 0 Å². The predicted molar refractivity (Wildman–Crippen MR) is 115 cm³/mol. The maximum atomic E-state index is 11.5. The molecule has 31 heavy (non-hydrogen) atoms. The second kappa shape index (κ2) is 9.40. The van der Waals surface area contributed by atoms with E-state index in [1.807, 2.05) is 18.2 Å². The number of esters is 1. The van der Waals surface area contributed by atoms with Crippen molar-refractivity contribution in [1.82, 2.24) is 15.0 Å². The number of ether oxygens (including phenoxy) is 3. The Morgan fingerprint density at radius 3 is 2.71 bits per heavy atom. The van der Waals surface area contributed by atoms with Crippen molar-refractivity contribution < 1.29 is 19.0 Å². The Kier molecular flexibility index (Phi) is 6.23. The van der Waals surface area contributed by atoms with E-state index < -0.39 is 5.97 Å². The molecule has 3 heterocycles. The average molecular weight is 421 g/mol. The maximum Gasteiger partial charge on any atom is 0.356 e. The summed E-state index contributed by atoms with van der Waals surface area (Å²) in [6.07, 6.45) is 5.01. The van der Waals surface area contributed by atoms with Crippen LogP contribution < -0.4 is 15.8 Å². The Balaban J connectivity index is 1.47. The van der Waals surface area contributed by atoms with E-state index in [0.717, 1.165) is 18.4 Å². The monoisotopic (exact) mass is 421 g/mol. The Labute approximate surface area is 179 Å². The topological polar surface area (TPSA) is 121 Å². The molecule has 9 nitrogen and oxygen atoms in total. The lowest BCUT2D eigenvalue weighted by atomic mass is 10.1. The molecule has 2 aromatic heterocycles. The molecule has 1 aliphatic heterocycles. The summed E-state index contributed by atoms with van der Waals surface area (Å²) in [5.74, 6) is 0.567. The minimum atomic E-state index is -0.494. The lowest BCUT2D eigenvalue weighted by Crippen LogP contribution is -2.26. The van der Waals surface area contributed by atoms with Crippen molar-refractivity contribution in [2.45, 2.75) is 18.9 Å². The Bertz CT molecular complexity index is 1050. The molecule has 0 aliphatic carbocycles. The molecule has 0 bridgehead atoms. The van der Waals surface area contributed by atoms with Crippen LogP contribution in [0.25, 0.3) is 11.3 Å². The van der Waals surface area contributed by atoms with Gasteiger partial charge >= 0.3 is 5.97 Å². The third-order valence-electron chi connectivity index (χ3n) is 4.84. The molecule has 4 rings (SSSR count). The van der Waals surface area contributed by atoms with Gasteiger partial charge in [0.05, 0.1) is 43.6 Å². The first-order valence-electron chi connectivity index (χ1n) is 9.91. The van der Waals surface area contributed by atoms with E-state index in [1.54, 1.807) is 24.4 Å². The standard InChI is InChI=1S/C22H23N5O4/c1-29-21(28)19-4-3-15(13-25-19)26-22-24-9-6-18(27-22)14-2-5-20(17(23)12-14)31-16-7-10-30-11-8-16/h2-6,9,12-13,16H,7-8,10-11,23H2,1H3,(H,24,26,27). The van der Waals surface area contributed by atoms with Crippen molar-refractivity contribution in [3.63, 3.8) is 0 Å². The number of hydrogen-bond donors (Lipinski definition) is 2. The number of benzene rings is 1. The number of nitrogens with two attached hydrogens (primary N) is 1. The molecular weight excluding hydrogens is 398 g/mol. The number of aromatic nitrogens is 3. The summed E-state index contributed by atoms with van der Waals surface area (Å²) in [5.41, 5.74) is 9.21. The molecule has 0 atom stereocenters. The summed E-state index contributed by atoms with van der Waals surface area (Å²) in [6.45, 7) is 1.42. The number of methoxy groups -OCH3 is 1. The van der Waals surface area contributed by atoms with Gasteiger partial charge in [-0.25, -0.2) is 19.7 Å². The van der Waals surface area contributed by atoms with E-state index in [9.17, 15) is 4.79 Å². The number of carbonyl (C=O) groups is 1. The van der Waals surface area contributed by atoms with E-state index in [1.165, 1.54) is 13.3 Å². The Morgan fingerprint density at radius 1 is 1.16 bits per heavy atom. The molecule has 3 aromatic rings. The fourth-order valence-corrected chi connectivity index (χ4v) is 3.19. The summed E-state index contributed by atoms with van der Waals surface area (Å²) in [7, 11) is 1.31. The van der Waals surface area contributed by atoms with Gasteiger partial charge in [0.25, 0.3) is 0 Å². The summed E-state index contributed by atoms with van der Waals surface area (Å²) < 4.78 is 16.0. The minimum absolute atomic E-state index is 0.121. The molecular formula is C22H23N5O4. The zero-order valence-corrected chi connectivity index (χ0v) is 17.1. The van der Waals surface area contributed by atoms with Gasteiger partial charge in [-0.05, 0) is 36.4 Å². The van der Waals surface area contributed by atoms with Gasteiger partial charge in [-0.3, -0.25) is 0 Å². The number of rotatable bonds is 6. The van der Waals surface area contributed by atoms with E-state index in [4.69, 9.17) is 15.2 Å². The van der Waals surface area contributed by atoms with Crippen LogP contribution in [-0.4, -0.2) is 47.3 Å². The van der Waals surface area contributed by atoms with Gasteiger partial charge in [0, 0.05) is 24.6 Å². The highest BCUT2D eigenvalue weighted by Crippen LogP contribution is 2.30. The van der Waals surface area contributed by atoms with Gasteiger partial charge in [-0.2, -0.15) is 0 Å². The van der Waals surface area contributed by atoms with Gasteiger partial charge in [-0.1, -0.05) is 0 Å². The number of nitrogens with one attached hydrogen (secondary N) is 1. The van der Waals surface area contributed by atoms with Crippen LogP contribution in [0.1, 0.15) is 23.3 Å². The van der Waals surface area contributed by atoms with Crippen molar-refractivity contribution in [2.24, 2.45) is 0 Å². The van der Waals surface area contributed by atoms with Crippen molar-refractivity contribution in [3.05, 3.63) is 54.5 Å². The molecule has 0 saturated carbocycles. The molecule has 1 fully saturated rings. The summed E-state index contributed by atoms with van der Waals surface area (Å²) in [5, 5.41) is 3.07. The second-order valence-corrected chi connectivity index (χ2v) is 7.00. The average Bonchev–Trinajstić information content (AvgIpc) is 2.81. The Morgan fingerprint density at radius 2 is 2.00 bits per heavy atom. The minimum Gasteiger partial charge on any atom is -0.488 e. The smallest absolute Gasteiger partial charge is 0.356 e. The lowest BCUT2D eigenvalue weighted by Gasteiger charge is -2.24. The highest BCUT2D eigenvalue weighted by atomic mass is 16.5. The van der Waals surface area contributed by atoms with Crippen LogP contribution in [-0.2, 0) is 9.47 Å². The third-order valence-corrected chi connectivity index (χ3v) is 4.84. The van der Waals surface area contributed by atoms with Crippen molar-refractivity contribution in [1.29, 1.82) is 0 Å². The van der Waals surface area contributed by atoms with Gasteiger partial charge in [-0.15, -0.1) is 0 Å². The third kappa shape index (κ3) is 5.07. The quantitative estimate of drug-likeness (QED) is 0.456. The van der Waals surface area contributed by atoms with Crippen LogP contribution in [0.3, 0.4) is 0 Å². The van der Waals surface area contributed by atoms with Crippen LogP contribution in [0.15, 0.2) is 48.8 Å². The highest BCUT2D eigenvalue weighted by Gasteiger charge is 2.17. The summed E-state index contributed by atoms with van der Waals surface area (Å²) >= 11 is 0. The highest BCUT2D eigenvalue weighted by molar-refractivity contribution is 5.87. The number of nitrogens with zero attached hydrogens (tertiary/aromatic N) is 3. The Hall–Kier alpha value is -3.72. The molecule has 9 heteroatoms. The van der Waals surface area contributed by atoms with Crippen LogP contribution >= 0.6 is 0 Å². The predicted octanol–water partition coefficient (Wildman–Crippen LogP) is 3.21. The molecule has 0 amide bonds. The molecule has 160 valence electrons. The zero-order chi connectivity index (χ0) is 21.6. The molecule has 1 aromatic carbocycles. The molecule has 1 aliphatic rings. The van der Waals surface area contributed by atoms with Gasteiger partial charge in [0.1, 0.15) is 17.5 Å². The first kappa shape index (κ1) is 20.5. The van der Waals surface area contributed by atoms with Gasteiger partial charge < -0.3 is 25.3 Å². The number of pyridine rings is 1.